The first-order chi connectivity index (χ1) is 9.20. The quantitative estimate of drug-likeness (QED) is 0.816. The number of halogens is 1. The van der Waals surface area contributed by atoms with Gasteiger partial charge in [-0.1, -0.05) is 18.5 Å². The summed E-state index contributed by atoms with van der Waals surface area (Å²) in [7, 11) is 0. The van der Waals surface area contributed by atoms with Gasteiger partial charge >= 0.3 is 0 Å². The highest BCUT2D eigenvalue weighted by Gasteiger charge is 2.07. The Morgan fingerprint density at radius 2 is 2.21 bits per heavy atom. The van der Waals surface area contributed by atoms with Crippen molar-refractivity contribution in [1.82, 2.24) is 10.3 Å². The third-order valence-electron chi connectivity index (χ3n) is 2.99. The number of aromatic nitrogens is 1. The number of oxazole rings is 1. The number of aryl methyl sites for hydroxylation is 2. The van der Waals surface area contributed by atoms with Crippen molar-refractivity contribution in [3.8, 4) is 11.3 Å². The second-order valence-electron chi connectivity index (χ2n) is 4.54. The van der Waals surface area contributed by atoms with Crippen molar-refractivity contribution in [3.63, 3.8) is 0 Å². The van der Waals surface area contributed by atoms with Crippen molar-refractivity contribution in [3.05, 3.63) is 40.9 Å². The lowest BCUT2D eigenvalue weighted by molar-refractivity contribution is 0.493. The number of rotatable bonds is 6. The lowest BCUT2D eigenvalue weighted by atomic mass is 10.1. The third kappa shape index (κ3) is 3.82. The predicted molar refractivity (Wildman–Crippen MR) is 78.6 cm³/mol. The molecule has 1 aromatic carbocycles. The van der Waals surface area contributed by atoms with Crippen LogP contribution in [0.1, 0.15) is 24.8 Å². The molecule has 0 amide bonds. The van der Waals surface area contributed by atoms with Crippen LogP contribution in [0.5, 0.6) is 0 Å². The highest BCUT2D eigenvalue weighted by molar-refractivity contribution is 6.31. The fraction of sp³-hybridized carbons (Fsp3) is 0.400. The van der Waals surface area contributed by atoms with Gasteiger partial charge in [-0.05, 0) is 50.2 Å². The van der Waals surface area contributed by atoms with Crippen molar-refractivity contribution in [1.29, 1.82) is 0 Å². The van der Waals surface area contributed by atoms with Crippen molar-refractivity contribution < 1.29 is 4.42 Å². The molecule has 0 fully saturated rings. The molecule has 3 nitrogen and oxygen atoms in total. The summed E-state index contributed by atoms with van der Waals surface area (Å²) in [6, 6.07) is 5.86. The van der Waals surface area contributed by atoms with E-state index >= 15 is 0 Å². The zero-order valence-corrected chi connectivity index (χ0v) is 12.1. The van der Waals surface area contributed by atoms with Gasteiger partial charge in [0.2, 0.25) is 0 Å². The fourth-order valence-corrected chi connectivity index (χ4v) is 2.02. The molecule has 102 valence electrons. The van der Waals surface area contributed by atoms with Gasteiger partial charge in [-0.3, -0.25) is 0 Å². The van der Waals surface area contributed by atoms with E-state index in [1.54, 1.807) is 6.20 Å². The highest BCUT2D eigenvalue weighted by atomic mass is 35.5. The summed E-state index contributed by atoms with van der Waals surface area (Å²) in [4.78, 5) is 4.31. The van der Waals surface area contributed by atoms with Crippen molar-refractivity contribution >= 4 is 11.6 Å². The van der Waals surface area contributed by atoms with Crippen LogP contribution in [0.4, 0.5) is 0 Å². The molecule has 0 unspecified atom stereocenters. The van der Waals surface area contributed by atoms with E-state index in [9.17, 15) is 0 Å². The van der Waals surface area contributed by atoms with Gasteiger partial charge in [0.1, 0.15) is 0 Å². The van der Waals surface area contributed by atoms with Crippen molar-refractivity contribution in [2.75, 3.05) is 13.1 Å². The average molecular weight is 279 g/mol. The monoisotopic (exact) mass is 278 g/mol. The number of nitrogens with one attached hydrogen (secondary N) is 1. The van der Waals surface area contributed by atoms with Crippen LogP contribution in [0.2, 0.25) is 5.02 Å². The van der Waals surface area contributed by atoms with E-state index < -0.39 is 0 Å². The van der Waals surface area contributed by atoms with Crippen molar-refractivity contribution in [2.45, 2.75) is 26.7 Å². The Morgan fingerprint density at radius 3 is 2.95 bits per heavy atom. The molecular formula is C15H19ClN2O. The topological polar surface area (TPSA) is 38.1 Å². The standard InChI is InChI=1S/C15H19ClN2O/c1-3-17-8-4-5-15-18-10-14(19-15)12-6-7-13(16)11(2)9-12/h6-7,9-10,17H,3-5,8H2,1-2H3. The molecule has 2 aromatic rings. The summed E-state index contributed by atoms with van der Waals surface area (Å²) < 4.78 is 5.76. The highest BCUT2D eigenvalue weighted by Crippen LogP contribution is 2.25. The van der Waals surface area contributed by atoms with Crippen LogP contribution >= 0.6 is 11.6 Å². The maximum atomic E-state index is 6.02. The van der Waals surface area contributed by atoms with E-state index in [2.05, 4.69) is 17.2 Å². The molecule has 0 aliphatic carbocycles. The van der Waals surface area contributed by atoms with Gasteiger partial charge in [0.15, 0.2) is 11.7 Å². The summed E-state index contributed by atoms with van der Waals surface area (Å²) in [5, 5.41) is 4.06. The Morgan fingerprint density at radius 1 is 1.37 bits per heavy atom. The molecular weight excluding hydrogens is 260 g/mol. The van der Waals surface area contributed by atoms with Gasteiger partial charge in [0.25, 0.3) is 0 Å². The summed E-state index contributed by atoms with van der Waals surface area (Å²) in [5.74, 6) is 1.60. The minimum atomic E-state index is 0.772. The first kappa shape index (κ1) is 14.1. The third-order valence-corrected chi connectivity index (χ3v) is 3.41. The maximum Gasteiger partial charge on any atom is 0.194 e. The molecule has 0 bridgehead atoms. The Hall–Kier alpha value is -1.32. The molecule has 0 radical (unpaired) electrons. The molecule has 0 saturated carbocycles. The molecule has 1 heterocycles. The second-order valence-corrected chi connectivity index (χ2v) is 4.95. The van der Waals surface area contributed by atoms with Crippen LogP contribution in [0, 0.1) is 6.92 Å². The van der Waals surface area contributed by atoms with Crippen LogP contribution in [0.15, 0.2) is 28.8 Å². The minimum Gasteiger partial charge on any atom is -0.441 e. The van der Waals surface area contributed by atoms with Crippen LogP contribution in [-0.4, -0.2) is 18.1 Å². The molecule has 0 atom stereocenters. The van der Waals surface area contributed by atoms with Gasteiger partial charge in [0.05, 0.1) is 6.20 Å². The lowest BCUT2D eigenvalue weighted by Crippen LogP contribution is -2.14. The summed E-state index contributed by atoms with van der Waals surface area (Å²) in [5.41, 5.74) is 2.07. The Kier molecular flexibility index (Phi) is 5.00. The van der Waals surface area contributed by atoms with E-state index in [-0.39, 0.29) is 0 Å². The number of hydrogen-bond acceptors (Lipinski definition) is 3. The SMILES string of the molecule is CCNCCCc1ncc(-c2ccc(Cl)c(C)c2)o1. The molecule has 0 saturated heterocycles. The Labute approximate surface area is 119 Å². The first-order valence-corrected chi connectivity index (χ1v) is 7.00. The van der Waals surface area contributed by atoms with E-state index in [0.717, 1.165) is 53.7 Å². The zero-order valence-electron chi connectivity index (χ0n) is 11.4. The molecule has 0 spiro atoms. The Balaban J connectivity index is 2.01. The van der Waals surface area contributed by atoms with Gasteiger partial charge in [-0.25, -0.2) is 4.98 Å². The van der Waals surface area contributed by atoms with Crippen molar-refractivity contribution in [2.24, 2.45) is 0 Å². The van der Waals surface area contributed by atoms with E-state index in [4.69, 9.17) is 16.0 Å². The Bertz CT molecular complexity index is 537. The molecule has 0 aliphatic heterocycles. The molecule has 1 N–H and O–H groups in total. The normalized spacial score (nSPS) is 10.9. The summed E-state index contributed by atoms with van der Waals surface area (Å²) in [6.45, 7) is 6.08. The van der Waals surface area contributed by atoms with Crippen LogP contribution in [0.3, 0.4) is 0 Å². The molecule has 1 aromatic heterocycles. The second kappa shape index (κ2) is 6.73. The zero-order chi connectivity index (χ0) is 13.7. The minimum absolute atomic E-state index is 0.772. The van der Waals surface area contributed by atoms with Gasteiger partial charge in [-0.2, -0.15) is 0 Å². The first-order valence-electron chi connectivity index (χ1n) is 6.62. The predicted octanol–water partition coefficient (Wildman–Crippen LogP) is 3.85. The largest absolute Gasteiger partial charge is 0.441 e. The fourth-order valence-electron chi connectivity index (χ4n) is 1.90. The van der Waals surface area contributed by atoms with Crippen LogP contribution < -0.4 is 5.32 Å². The van der Waals surface area contributed by atoms with E-state index in [1.807, 2.05) is 25.1 Å². The number of hydrogen-bond donors (Lipinski definition) is 1. The number of benzene rings is 1. The van der Waals surface area contributed by atoms with Crippen LogP contribution in [0.25, 0.3) is 11.3 Å². The van der Waals surface area contributed by atoms with E-state index in [1.165, 1.54) is 0 Å². The molecule has 0 aliphatic rings. The number of nitrogens with zero attached hydrogens (tertiary/aromatic N) is 1. The molecule has 19 heavy (non-hydrogen) atoms. The van der Waals surface area contributed by atoms with Gasteiger partial charge in [-0.15, -0.1) is 0 Å². The van der Waals surface area contributed by atoms with Gasteiger partial charge < -0.3 is 9.73 Å². The smallest absolute Gasteiger partial charge is 0.194 e. The van der Waals surface area contributed by atoms with E-state index in [0.29, 0.717) is 0 Å². The molecule has 2 rings (SSSR count). The maximum absolute atomic E-state index is 6.02. The average Bonchev–Trinajstić information content (AvgIpc) is 2.87. The van der Waals surface area contributed by atoms with Crippen LogP contribution in [-0.2, 0) is 6.42 Å². The van der Waals surface area contributed by atoms with Gasteiger partial charge in [0, 0.05) is 17.0 Å². The summed E-state index contributed by atoms with van der Waals surface area (Å²) in [6.07, 6.45) is 3.68. The molecule has 4 heteroatoms. The summed E-state index contributed by atoms with van der Waals surface area (Å²) >= 11 is 6.02. The lowest BCUT2D eigenvalue weighted by Gasteiger charge is -2.01.